The van der Waals surface area contributed by atoms with Gasteiger partial charge in [-0.25, -0.2) is 0 Å². The number of rotatable bonds is 24. The fourth-order valence-corrected chi connectivity index (χ4v) is 9.68. The second kappa shape index (κ2) is 44.4. The number of hydrogen-bond acceptors (Lipinski definition) is 9. The Kier molecular flexibility index (Phi) is 39.4. The van der Waals surface area contributed by atoms with Gasteiger partial charge in [0.15, 0.2) is 6.61 Å². The molecule has 0 fully saturated rings. The van der Waals surface area contributed by atoms with Crippen LogP contribution in [0.4, 0.5) is 0 Å². The number of methoxy groups -OCH3 is 4. The zero-order valence-corrected chi connectivity index (χ0v) is 55.9. The highest BCUT2D eigenvalue weighted by atomic mass is 35.5. The van der Waals surface area contributed by atoms with E-state index in [0.717, 1.165) is 79.8 Å². The van der Waals surface area contributed by atoms with Crippen molar-refractivity contribution in [1.82, 2.24) is 16.0 Å². The summed E-state index contributed by atoms with van der Waals surface area (Å²) in [5.74, 6) is 3.16. The highest BCUT2D eigenvalue weighted by molar-refractivity contribution is 6.31. The van der Waals surface area contributed by atoms with Gasteiger partial charge in [-0.15, -0.1) is 0 Å². The average molecular weight is 1250 g/mol. The van der Waals surface area contributed by atoms with E-state index in [2.05, 4.69) is 104 Å². The molecule has 0 saturated carbocycles. The quantitative estimate of drug-likeness (QED) is 0.0507. The van der Waals surface area contributed by atoms with E-state index in [9.17, 15) is 9.59 Å². The maximum atomic E-state index is 12.8. The smallest absolute Gasteiger partial charge is 0.258 e. The van der Waals surface area contributed by atoms with Gasteiger partial charge in [-0.2, -0.15) is 0 Å². The summed E-state index contributed by atoms with van der Waals surface area (Å²) in [4.78, 5) is 25.5. The van der Waals surface area contributed by atoms with Crippen LogP contribution >= 0.6 is 11.6 Å². The molecule has 0 saturated heterocycles. The van der Waals surface area contributed by atoms with Crippen LogP contribution in [0.5, 0.6) is 28.7 Å². The molecule has 0 aliphatic heterocycles. The third kappa shape index (κ3) is 25.1. The van der Waals surface area contributed by atoms with Gasteiger partial charge in [-0.05, 0) is 123 Å². The largest absolute Gasteiger partial charge is 0.497 e. The second-order valence-electron chi connectivity index (χ2n) is 20.2. The maximum Gasteiger partial charge on any atom is 0.258 e. The Balaban J connectivity index is 0.000000687. The number of aryl methyl sites for hydroxylation is 3. The van der Waals surface area contributed by atoms with Crippen LogP contribution in [0.3, 0.4) is 0 Å². The molecule has 2 amide bonds. The lowest BCUT2D eigenvalue weighted by Crippen LogP contribution is -2.47. The summed E-state index contributed by atoms with van der Waals surface area (Å²) >= 11 is 6.54. The molecule has 0 aromatic heterocycles. The van der Waals surface area contributed by atoms with Gasteiger partial charge in [0, 0.05) is 41.3 Å². The number of nitrogens with one attached hydrogen (secondary N) is 3. The standard InChI is InChI=1S/C32H41N3O5.C21H19Cl.C17H20O3.3C2H6.2CH4/c1-6-7-8-28(32(37)34-20-23-11-9-22(2)10-12-23)35-30(36)21-40-25-15-13-24(14-16-25)31(33-3)27-18-17-26(38-4)19-29(27)39-5;1-16-12-14-18(15-13-16)21(2,17-8-4-3-5-9-17)19-10-6-7-11-20(19)22;1-13-4-8-16(9-5-13)20-11-14-6-7-15(12-18-2)17(10-14)19-3;3*1-2;;/h9-19,28,31,33H,6-8,20-21H2,1-5H3,(H,34,37)(H,35,36);3-15H,1-2H3;4-10H,11-12H2,1-3H3;3*1-2H3;2*1H4. The first-order chi connectivity index (χ1) is 42.7. The predicted molar refractivity (Wildman–Crippen MR) is 378 cm³/mol. The molecule has 0 aliphatic rings. The van der Waals surface area contributed by atoms with E-state index >= 15 is 0 Å². The van der Waals surface area contributed by atoms with Gasteiger partial charge in [-0.3, -0.25) is 9.59 Å². The molecule has 0 aliphatic carbocycles. The lowest BCUT2D eigenvalue weighted by molar-refractivity contribution is -0.130. The molecule has 8 aromatic rings. The lowest BCUT2D eigenvalue weighted by atomic mass is 9.71. The first-order valence-electron chi connectivity index (χ1n) is 30.7. The Bertz CT molecular complexity index is 3210. The lowest BCUT2D eigenvalue weighted by Gasteiger charge is -2.32. The minimum atomic E-state index is -0.611. The minimum Gasteiger partial charge on any atom is -0.497 e. The number of ether oxygens (including phenoxy) is 6. The molecule has 0 bridgehead atoms. The van der Waals surface area contributed by atoms with E-state index in [-0.39, 0.29) is 44.7 Å². The highest BCUT2D eigenvalue weighted by Crippen LogP contribution is 2.42. The molecule has 3 unspecified atom stereocenters. The van der Waals surface area contributed by atoms with Crippen molar-refractivity contribution in [2.45, 2.75) is 148 Å². The van der Waals surface area contributed by atoms with Gasteiger partial charge in [-0.1, -0.05) is 238 Å². The minimum absolute atomic E-state index is 0. The molecule has 488 valence electrons. The van der Waals surface area contributed by atoms with E-state index < -0.39 is 6.04 Å². The number of hydrogen-bond donors (Lipinski definition) is 3. The van der Waals surface area contributed by atoms with E-state index in [1.807, 2.05) is 183 Å². The SMILES string of the molecule is C.C.CC.CC.CC.CCCCC(NC(=O)COc1ccc(C(NC)c2ccc(OC)cc2OC)cc1)C(=O)NCc1ccc(C)cc1.COCc1ccc(COc2ccc(C)cc2)cc1OC.Cc1ccc(C(C)(c2ccccc2)c2ccccc2Cl)cc1. The fourth-order valence-electron chi connectivity index (χ4n) is 9.35. The zero-order valence-electron chi connectivity index (χ0n) is 55.1. The van der Waals surface area contributed by atoms with Crippen LogP contribution < -0.4 is 39.6 Å². The molecule has 0 spiro atoms. The van der Waals surface area contributed by atoms with Gasteiger partial charge in [0.05, 0.1) is 34.0 Å². The summed E-state index contributed by atoms with van der Waals surface area (Å²) in [6, 6.07) is 62.0. The number of unbranched alkanes of at least 4 members (excludes halogenated alkanes) is 1. The van der Waals surface area contributed by atoms with Crippen LogP contribution in [0.2, 0.25) is 5.02 Å². The Morgan fingerprint density at radius 2 is 1.08 bits per heavy atom. The number of carbonyl (C=O) groups excluding carboxylic acids is 2. The van der Waals surface area contributed by atoms with Crippen molar-refractivity contribution >= 4 is 23.4 Å². The molecule has 11 nitrogen and oxygen atoms in total. The molecule has 8 rings (SSSR count). The molecule has 90 heavy (non-hydrogen) atoms. The van der Waals surface area contributed by atoms with E-state index in [4.69, 9.17) is 40.0 Å². The first-order valence-corrected chi connectivity index (χ1v) is 31.1. The van der Waals surface area contributed by atoms with Gasteiger partial charge in [0.2, 0.25) is 5.91 Å². The van der Waals surface area contributed by atoms with Crippen LogP contribution in [0.25, 0.3) is 0 Å². The van der Waals surface area contributed by atoms with Gasteiger partial charge in [0.25, 0.3) is 5.91 Å². The molecule has 0 radical (unpaired) electrons. The predicted octanol–water partition coefficient (Wildman–Crippen LogP) is 18.8. The fraction of sp³-hybridized carbons (Fsp3) is 0.359. The molecule has 12 heteroatoms. The van der Waals surface area contributed by atoms with Crippen LogP contribution in [0.1, 0.15) is 157 Å². The van der Waals surface area contributed by atoms with Crippen LogP contribution in [0.15, 0.2) is 188 Å². The molecular formula is C78H106ClN3O8. The van der Waals surface area contributed by atoms with Crippen molar-refractivity contribution in [2.75, 3.05) is 42.1 Å². The summed E-state index contributed by atoms with van der Waals surface area (Å²) in [5.41, 5.74) is 12.1. The second-order valence-corrected chi connectivity index (χ2v) is 20.6. The third-order valence-electron chi connectivity index (χ3n) is 14.2. The summed E-state index contributed by atoms with van der Waals surface area (Å²) in [7, 11) is 8.48. The number of carbonyl (C=O) groups is 2. The number of benzene rings is 8. The van der Waals surface area contributed by atoms with Crippen molar-refractivity contribution in [3.63, 3.8) is 0 Å². The molecule has 8 aromatic carbocycles. The Labute approximate surface area is 547 Å². The van der Waals surface area contributed by atoms with Crippen LogP contribution in [-0.4, -0.2) is 59.9 Å². The van der Waals surface area contributed by atoms with Crippen molar-refractivity contribution in [3.05, 3.63) is 254 Å². The monoisotopic (exact) mass is 1250 g/mol. The van der Waals surface area contributed by atoms with Crippen molar-refractivity contribution in [3.8, 4) is 28.7 Å². The summed E-state index contributed by atoms with van der Waals surface area (Å²) < 4.78 is 32.9. The van der Waals surface area contributed by atoms with E-state index in [1.54, 1.807) is 28.4 Å². The normalized spacial score (nSPS) is 11.3. The zero-order chi connectivity index (χ0) is 64.9. The van der Waals surface area contributed by atoms with Crippen molar-refractivity contribution in [1.29, 1.82) is 0 Å². The van der Waals surface area contributed by atoms with Crippen molar-refractivity contribution < 1.29 is 38.0 Å². The Morgan fingerprint density at radius 3 is 1.63 bits per heavy atom. The van der Waals surface area contributed by atoms with Gasteiger partial charge < -0.3 is 44.4 Å². The molecular weight excluding hydrogens is 1140 g/mol. The number of amides is 2. The summed E-state index contributed by atoms with van der Waals surface area (Å²) in [6.45, 7) is 23.8. The Hall–Kier alpha value is -8.09. The molecule has 3 atom stereocenters. The number of halogens is 1. The van der Waals surface area contributed by atoms with Crippen LogP contribution in [0, 0.1) is 20.8 Å². The van der Waals surface area contributed by atoms with Crippen molar-refractivity contribution in [2.24, 2.45) is 0 Å². The highest BCUT2D eigenvalue weighted by Gasteiger charge is 2.33. The Morgan fingerprint density at radius 1 is 0.556 bits per heavy atom. The topological polar surface area (TPSA) is 126 Å². The first kappa shape index (κ1) is 79.9. The van der Waals surface area contributed by atoms with E-state index in [1.165, 1.54) is 22.3 Å². The maximum absolute atomic E-state index is 12.8. The third-order valence-corrected chi connectivity index (χ3v) is 14.5. The molecule has 3 N–H and O–H groups in total. The average Bonchev–Trinajstić information content (AvgIpc) is 0.829. The molecule has 0 heterocycles. The van der Waals surface area contributed by atoms with Gasteiger partial charge >= 0.3 is 0 Å². The summed E-state index contributed by atoms with van der Waals surface area (Å²) in [6.07, 6.45) is 2.32. The summed E-state index contributed by atoms with van der Waals surface area (Å²) in [5, 5.41) is 9.91. The van der Waals surface area contributed by atoms with Gasteiger partial charge in [0.1, 0.15) is 41.4 Å². The van der Waals surface area contributed by atoms with E-state index in [0.29, 0.717) is 31.9 Å². The van der Waals surface area contributed by atoms with Crippen LogP contribution in [-0.2, 0) is 39.5 Å².